The number of ketones is 1. The van der Waals surface area contributed by atoms with Crippen molar-refractivity contribution in [1.29, 1.82) is 0 Å². The monoisotopic (exact) mass is 590 g/mol. The lowest BCUT2D eigenvalue weighted by Gasteiger charge is -2.39. The molecule has 8 heteroatoms. The molecule has 0 fully saturated rings. The molecule has 1 aliphatic heterocycles. The smallest absolute Gasteiger partial charge is 0.305 e. The van der Waals surface area contributed by atoms with E-state index in [2.05, 4.69) is 19.1 Å². The van der Waals surface area contributed by atoms with E-state index in [1.165, 1.54) is 0 Å². The molecule has 1 aliphatic rings. The van der Waals surface area contributed by atoms with Crippen molar-refractivity contribution >= 4 is 28.5 Å². The van der Waals surface area contributed by atoms with Gasteiger partial charge in [-0.2, -0.15) is 0 Å². The minimum atomic E-state index is -1.03. The van der Waals surface area contributed by atoms with Crippen molar-refractivity contribution in [3.05, 3.63) is 65.7 Å². The van der Waals surface area contributed by atoms with Crippen molar-refractivity contribution in [1.82, 2.24) is 0 Å². The summed E-state index contributed by atoms with van der Waals surface area (Å²) in [7, 11) is 0. The fourth-order valence-corrected chi connectivity index (χ4v) is 5.48. The Morgan fingerprint density at radius 1 is 0.814 bits per heavy atom. The highest BCUT2D eigenvalue weighted by molar-refractivity contribution is 6.01. The van der Waals surface area contributed by atoms with E-state index in [0.717, 1.165) is 28.5 Å². The van der Waals surface area contributed by atoms with E-state index in [4.69, 9.17) is 23.7 Å². The van der Waals surface area contributed by atoms with Crippen molar-refractivity contribution < 1.29 is 38.1 Å². The largest absolute Gasteiger partial charge is 0.493 e. The van der Waals surface area contributed by atoms with Crippen LogP contribution in [0.4, 0.5) is 0 Å². The molecule has 230 valence electrons. The summed E-state index contributed by atoms with van der Waals surface area (Å²) in [5.41, 5.74) is 0.287. The summed E-state index contributed by atoms with van der Waals surface area (Å²) in [4.78, 5) is 38.0. The predicted molar refractivity (Wildman–Crippen MR) is 164 cm³/mol. The first kappa shape index (κ1) is 31.9. The number of fused-ring (bicyclic) bond motifs is 2. The van der Waals surface area contributed by atoms with Crippen LogP contribution in [-0.2, 0) is 25.5 Å². The number of carbonyl (C=O) groups excluding carboxylic acids is 3. The molecule has 3 aromatic carbocycles. The van der Waals surface area contributed by atoms with Gasteiger partial charge in [0.25, 0.3) is 0 Å². The van der Waals surface area contributed by atoms with Crippen molar-refractivity contribution in [2.75, 3.05) is 26.4 Å². The molecule has 43 heavy (non-hydrogen) atoms. The van der Waals surface area contributed by atoms with E-state index >= 15 is 0 Å². The maximum Gasteiger partial charge on any atom is 0.305 e. The summed E-state index contributed by atoms with van der Waals surface area (Å²) in [5, 5.41) is 2.20. The lowest BCUT2D eigenvalue weighted by atomic mass is 9.82. The second-order valence-corrected chi connectivity index (χ2v) is 10.7. The Hall–Kier alpha value is -4.07. The Kier molecular flexibility index (Phi) is 11.4. The SMILES string of the molecule is CCCc1c(OCCCOc2cccc3ccccc23)ccc2c1OC(CCC(=O)OCC)(CCC(=O)OCC)CC2=O. The van der Waals surface area contributed by atoms with Gasteiger partial charge in [-0.05, 0) is 56.7 Å². The fourth-order valence-electron chi connectivity index (χ4n) is 5.48. The molecule has 4 rings (SSSR count). The van der Waals surface area contributed by atoms with Gasteiger partial charge >= 0.3 is 11.9 Å². The summed E-state index contributed by atoms with van der Waals surface area (Å²) in [6, 6.07) is 17.7. The molecular weight excluding hydrogens is 548 g/mol. The van der Waals surface area contributed by atoms with Gasteiger partial charge in [0.15, 0.2) is 5.78 Å². The molecule has 0 spiro atoms. The maximum absolute atomic E-state index is 13.5. The molecule has 0 aromatic heterocycles. The van der Waals surface area contributed by atoms with E-state index in [1.807, 2.05) is 36.4 Å². The summed E-state index contributed by atoms with van der Waals surface area (Å²) in [5.74, 6) is 1.17. The topological polar surface area (TPSA) is 97.4 Å². The normalized spacial score (nSPS) is 13.6. The molecule has 0 unspecified atom stereocenters. The Balaban J connectivity index is 1.49. The third-order valence-corrected chi connectivity index (χ3v) is 7.55. The summed E-state index contributed by atoms with van der Waals surface area (Å²) < 4.78 is 29.2. The summed E-state index contributed by atoms with van der Waals surface area (Å²) in [6.45, 7) is 7.00. The van der Waals surface area contributed by atoms with Gasteiger partial charge in [0.2, 0.25) is 0 Å². The number of hydrogen-bond donors (Lipinski definition) is 0. The number of carbonyl (C=O) groups is 3. The third kappa shape index (κ3) is 8.27. The number of hydrogen-bond acceptors (Lipinski definition) is 8. The van der Waals surface area contributed by atoms with E-state index in [1.54, 1.807) is 19.9 Å². The fraction of sp³-hybridized carbons (Fsp3) is 0.457. The van der Waals surface area contributed by atoms with Crippen molar-refractivity contribution in [2.45, 2.75) is 77.7 Å². The maximum atomic E-state index is 13.5. The van der Waals surface area contributed by atoms with Crippen LogP contribution in [0, 0.1) is 0 Å². The van der Waals surface area contributed by atoms with Crippen LogP contribution in [0.15, 0.2) is 54.6 Å². The lowest BCUT2D eigenvalue weighted by Crippen LogP contribution is -2.43. The highest BCUT2D eigenvalue weighted by Crippen LogP contribution is 2.44. The Bertz CT molecular complexity index is 1380. The summed E-state index contributed by atoms with van der Waals surface area (Å²) in [6.07, 6.45) is 2.84. The van der Waals surface area contributed by atoms with Gasteiger partial charge in [-0.15, -0.1) is 0 Å². The summed E-state index contributed by atoms with van der Waals surface area (Å²) >= 11 is 0. The van der Waals surface area contributed by atoms with E-state index in [0.29, 0.717) is 43.1 Å². The molecule has 1 heterocycles. The number of benzene rings is 3. The quantitative estimate of drug-likeness (QED) is 0.130. The van der Waals surface area contributed by atoms with Gasteiger partial charge < -0.3 is 23.7 Å². The molecule has 0 atom stereocenters. The molecule has 0 bridgehead atoms. The van der Waals surface area contributed by atoms with Crippen LogP contribution in [-0.4, -0.2) is 49.8 Å². The van der Waals surface area contributed by atoms with Crippen molar-refractivity contribution in [3.63, 3.8) is 0 Å². The van der Waals surface area contributed by atoms with Crippen LogP contribution < -0.4 is 14.2 Å². The average Bonchev–Trinajstić information content (AvgIpc) is 3.00. The lowest BCUT2D eigenvalue weighted by molar-refractivity contribution is -0.145. The molecule has 3 aromatic rings. The molecular formula is C35H42O8. The predicted octanol–water partition coefficient (Wildman–Crippen LogP) is 7.03. The highest BCUT2D eigenvalue weighted by Gasteiger charge is 2.42. The average molecular weight is 591 g/mol. The zero-order chi connectivity index (χ0) is 30.7. The number of ether oxygens (including phenoxy) is 5. The zero-order valence-electron chi connectivity index (χ0n) is 25.4. The molecule has 0 saturated carbocycles. The minimum absolute atomic E-state index is 0.0656. The van der Waals surface area contributed by atoms with E-state index in [-0.39, 0.29) is 63.0 Å². The molecule has 0 radical (unpaired) electrons. The molecule has 0 aliphatic carbocycles. The van der Waals surface area contributed by atoms with Gasteiger partial charge in [0.1, 0.15) is 22.8 Å². The second-order valence-electron chi connectivity index (χ2n) is 10.7. The standard InChI is InChI=1S/C35H42O8/c1-4-11-28-31(42-23-10-22-41-30-15-9-13-25-12-7-8-14-26(25)30)17-16-27-29(36)24-35(43-34(27)28,20-18-32(37)39-5-2)21-19-33(38)40-6-3/h7-9,12-17H,4-6,10-11,18-24H2,1-3H3. The van der Waals surface area contributed by atoms with Crippen LogP contribution in [0.5, 0.6) is 17.2 Å². The Labute approximate surface area is 253 Å². The first-order valence-corrected chi connectivity index (χ1v) is 15.3. The van der Waals surface area contributed by atoms with Gasteiger partial charge in [-0.3, -0.25) is 14.4 Å². The number of Topliss-reactive ketones (excluding diaryl/α,β-unsaturated/α-hetero) is 1. The molecule has 0 N–H and O–H groups in total. The van der Waals surface area contributed by atoms with Crippen LogP contribution in [0.2, 0.25) is 0 Å². The number of esters is 2. The van der Waals surface area contributed by atoms with Gasteiger partial charge in [0.05, 0.1) is 38.4 Å². The molecule has 0 amide bonds. The van der Waals surface area contributed by atoms with Crippen LogP contribution in [0.1, 0.15) is 81.6 Å². The van der Waals surface area contributed by atoms with Gasteiger partial charge in [0, 0.05) is 30.2 Å². The van der Waals surface area contributed by atoms with Gasteiger partial charge in [-0.25, -0.2) is 0 Å². The molecule has 8 nitrogen and oxygen atoms in total. The second kappa shape index (κ2) is 15.4. The third-order valence-electron chi connectivity index (χ3n) is 7.55. The number of rotatable bonds is 16. The Morgan fingerprint density at radius 3 is 2.14 bits per heavy atom. The first-order chi connectivity index (χ1) is 20.9. The van der Waals surface area contributed by atoms with Crippen LogP contribution in [0.3, 0.4) is 0 Å². The highest BCUT2D eigenvalue weighted by atomic mass is 16.5. The first-order valence-electron chi connectivity index (χ1n) is 15.3. The van der Waals surface area contributed by atoms with Crippen LogP contribution in [0.25, 0.3) is 10.8 Å². The molecule has 0 saturated heterocycles. The van der Waals surface area contributed by atoms with Gasteiger partial charge in [-0.1, -0.05) is 49.7 Å². The van der Waals surface area contributed by atoms with Crippen LogP contribution >= 0.6 is 0 Å². The van der Waals surface area contributed by atoms with Crippen molar-refractivity contribution in [3.8, 4) is 17.2 Å². The Morgan fingerprint density at radius 2 is 1.47 bits per heavy atom. The minimum Gasteiger partial charge on any atom is -0.493 e. The zero-order valence-corrected chi connectivity index (χ0v) is 25.4. The van der Waals surface area contributed by atoms with E-state index in [9.17, 15) is 14.4 Å². The van der Waals surface area contributed by atoms with Crippen molar-refractivity contribution in [2.24, 2.45) is 0 Å². The van der Waals surface area contributed by atoms with E-state index < -0.39 is 5.60 Å².